The first kappa shape index (κ1) is 21.8. The molecule has 0 aliphatic carbocycles. The number of rotatable bonds is 6. The van der Waals surface area contributed by atoms with Gasteiger partial charge in [-0.05, 0) is 38.5 Å². The third-order valence-corrected chi connectivity index (χ3v) is 3.99. The maximum absolute atomic E-state index is 13.2. The number of carbonyl (C=O) groups is 1. The van der Waals surface area contributed by atoms with Crippen LogP contribution in [0.2, 0.25) is 0 Å². The lowest BCUT2D eigenvalue weighted by molar-refractivity contribution is 0.0531. The second-order valence-electron chi connectivity index (χ2n) is 7.05. The first-order chi connectivity index (χ1) is 13.0. The van der Waals surface area contributed by atoms with Crippen molar-refractivity contribution in [3.05, 3.63) is 62.8 Å². The maximum Gasteiger partial charge on any atom is 0.407 e. The molecular formula is C18H21BrF2N4O3. The molecule has 0 fully saturated rings. The molecule has 0 aliphatic rings. The minimum absolute atomic E-state index is 0.256. The molecular weight excluding hydrogens is 438 g/mol. The van der Waals surface area contributed by atoms with Crippen LogP contribution >= 0.6 is 15.9 Å². The Kier molecular flexibility index (Phi) is 7.11. The van der Waals surface area contributed by atoms with Gasteiger partial charge in [0, 0.05) is 16.6 Å². The van der Waals surface area contributed by atoms with E-state index in [2.05, 4.69) is 26.3 Å². The van der Waals surface area contributed by atoms with Crippen LogP contribution < -0.4 is 11.0 Å². The van der Waals surface area contributed by atoms with Gasteiger partial charge in [0.2, 0.25) is 0 Å². The summed E-state index contributed by atoms with van der Waals surface area (Å²) in [5.41, 5.74) is -0.851. The van der Waals surface area contributed by atoms with Gasteiger partial charge in [-0.25, -0.2) is 14.3 Å². The molecule has 1 aromatic carbocycles. The van der Waals surface area contributed by atoms with E-state index in [1.165, 1.54) is 10.9 Å². The molecule has 0 bridgehead atoms. The number of nitrogens with one attached hydrogen (secondary N) is 1. The molecule has 0 saturated carbocycles. The molecule has 0 spiro atoms. The van der Waals surface area contributed by atoms with Gasteiger partial charge in [0.05, 0.1) is 13.1 Å². The van der Waals surface area contributed by atoms with Crippen LogP contribution in [0.4, 0.5) is 13.6 Å². The topological polar surface area (TPSA) is 78.2 Å². The number of benzene rings is 1. The summed E-state index contributed by atoms with van der Waals surface area (Å²) >= 11 is 3.35. The van der Waals surface area contributed by atoms with Gasteiger partial charge in [-0.2, -0.15) is 13.9 Å². The van der Waals surface area contributed by atoms with Crippen molar-refractivity contribution in [2.24, 2.45) is 0 Å². The van der Waals surface area contributed by atoms with Crippen molar-refractivity contribution in [2.75, 3.05) is 6.54 Å². The number of halogens is 3. The summed E-state index contributed by atoms with van der Waals surface area (Å²) in [5.74, 6) is 0. The third-order valence-electron chi connectivity index (χ3n) is 3.49. The molecule has 10 heteroatoms. The molecule has 28 heavy (non-hydrogen) atoms. The minimum Gasteiger partial charge on any atom is -0.444 e. The molecule has 0 atom stereocenters. The van der Waals surface area contributed by atoms with E-state index in [4.69, 9.17) is 4.74 Å². The molecule has 1 aromatic heterocycles. The van der Waals surface area contributed by atoms with Crippen LogP contribution in [0.25, 0.3) is 0 Å². The van der Waals surface area contributed by atoms with Gasteiger partial charge in [0.1, 0.15) is 11.9 Å². The van der Waals surface area contributed by atoms with Crippen LogP contribution in [0.15, 0.2) is 51.5 Å². The highest BCUT2D eigenvalue weighted by Crippen LogP contribution is 2.13. The van der Waals surface area contributed by atoms with E-state index in [1.54, 1.807) is 20.8 Å². The minimum atomic E-state index is -1.98. The molecule has 0 radical (unpaired) electrons. The molecule has 2 rings (SSSR count). The number of carbonyl (C=O) groups excluding carboxylic acids is 1. The summed E-state index contributed by atoms with van der Waals surface area (Å²) in [7, 11) is 0. The Hall–Kier alpha value is -2.49. The lowest BCUT2D eigenvalue weighted by Crippen LogP contribution is -2.35. The maximum atomic E-state index is 13.2. The largest absolute Gasteiger partial charge is 0.444 e. The van der Waals surface area contributed by atoms with Crippen LogP contribution in [0.5, 0.6) is 0 Å². The van der Waals surface area contributed by atoms with Crippen LogP contribution in [0, 0.1) is 0 Å². The number of hydrogen-bond acceptors (Lipinski definition) is 4. The summed E-state index contributed by atoms with van der Waals surface area (Å²) in [4.78, 5) is 24.1. The fraction of sp³-hybridized carbons (Fsp3) is 0.389. The van der Waals surface area contributed by atoms with Crippen LogP contribution in [0.3, 0.4) is 0 Å². The van der Waals surface area contributed by atoms with Gasteiger partial charge in [-0.1, -0.05) is 28.1 Å². The van der Waals surface area contributed by atoms with Crippen molar-refractivity contribution in [2.45, 2.75) is 39.5 Å². The first-order valence-electron chi connectivity index (χ1n) is 8.42. The zero-order valence-electron chi connectivity index (χ0n) is 15.7. The van der Waals surface area contributed by atoms with Crippen molar-refractivity contribution >= 4 is 22.0 Å². The third kappa shape index (κ3) is 6.59. The summed E-state index contributed by atoms with van der Waals surface area (Å²) in [6, 6.07) is 7.37. The number of ether oxygens (including phenoxy) is 1. The fourth-order valence-electron chi connectivity index (χ4n) is 2.28. The van der Waals surface area contributed by atoms with E-state index in [9.17, 15) is 18.4 Å². The number of amides is 1. The van der Waals surface area contributed by atoms with E-state index < -0.39 is 42.1 Å². The van der Waals surface area contributed by atoms with E-state index in [1.807, 2.05) is 24.3 Å². The highest BCUT2D eigenvalue weighted by atomic mass is 79.9. The monoisotopic (exact) mass is 458 g/mol. The SMILES string of the molecule is CC(C)(C)OC(=O)NCC(Cn1ncn(Cc2cccc(Br)c2)c1=O)=C(F)F. The lowest BCUT2D eigenvalue weighted by atomic mass is 10.2. The quantitative estimate of drug-likeness (QED) is 0.717. The number of alkyl carbamates (subject to hydrolysis) is 1. The van der Waals surface area contributed by atoms with Gasteiger partial charge in [-0.3, -0.25) is 4.57 Å². The van der Waals surface area contributed by atoms with Crippen molar-refractivity contribution in [1.82, 2.24) is 19.7 Å². The molecule has 0 aliphatic heterocycles. The normalized spacial score (nSPS) is 11.2. The Labute approximate surface area is 169 Å². The van der Waals surface area contributed by atoms with Gasteiger partial charge in [0.15, 0.2) is 0 Å². The number of hydrogen-bond donors (Lipinski definition) is 1. The molecule has 1 N–H and O–H groups in total. The second-order valence-corrected chi connectivity index (χ2v) is 7.96. The molecule has 152 valence electrons. The van der Waals surface area contributed by atoms with Gasteiger partial charge >= 0.3 is 11.8 Å². The zero-order chi connectivity index (χ0) is 20.9. The van der Waals surface area contributed by atoms with Crippen molar-refractivity contribution in [1.29, 1.82) is 0 Å². The average Bonchev–Trinajstić information content (AvgIpc) is 2.90. The fourth-order valence-corrected chi connectivity index (χ4v) is 2.72. The molecule has 0 unspecified atom stereocenters. The summed E-state index contributed by atoms with van der Waals surface area (Å²) in [6.45, 7) is 4.35. The first-order valence-corrected chi connectivity index (χ1v) is 9.21. The van der Waals surface area contributed by atoms with Gasteiger partial charge in [-0.15, -0.1) is 0 Å². The van der Waals surface area contributed by atoms with Crippen molar-refractivity contribution < 1.29 is 18.3 Å². The predicted molar refractivity (Wildman–Crippen MR) is 103 cm³/mol. The molecule has 0 saturated heterocycles. The predicted octanol–water partition coefficient (Wildman–Crippen LogP) is 3.53. The molecule has 2 aromatic rings. The van der Waals surface area contributed by atoms with E-state index in [0.29, 0.717) is 0 Å². The summed E-state index contributed by atoms with van der Waals surface area (Å²) < 4.78 is 34.6. The Morgan fingerprint density at radius 3 is 2.64 bits per heavy atom. The Bertz CT molecular complexity index is 927. The summed E-state index contributed by atoms with van der Waals surface area (Å²) in [5, 5.41) is 6.15. The molecule has 1 amide bonds. The Balaban J connectivity index is 2.06. The zero-order valence-corrected chi connectivity index (χ0v) is 17.3. The highest BCUT2D eigenvalue weighted by molar-refractivity contribution is 9.10. The number of nitrogens with zero attached hydrogens (tertiary/aromatic N) is 3. The van der Waals surface area contributed by atoms with Crippen LogP contribution in [-0.2, 0) is 17.8 Å². The van der Waals surface area contributed by atoms with Crippen molar-refractivity contribution in [3.63, 3.8) is 0 Å². The summed E-state index contributed by atoms with van der Waals surface area (Å²) in [6.07, 6.45) is -1.51. The van der Waals surface area contributed by atoms with Crippen molar-refractivity contribution in [3.8, 4) is 0 Å². The smallest absolute Gasteiger partial charge is 0.407 e. The van der Waals surface area contributed by atoms with Crippen LogP contribution in [0.1, 0.15) is 26.3 Å². The van der Waals surface area contributed by atoms with Crippen LogP contribution in [-0.4, -0.2) is 32.6 Å². The van der Waals surface area contributed by atoms with E-state index >= 15 is 0 Å². The Morgan fingerprint density at radius 2 is 2.04 bits per heavy atom. The second kappa shape index (κ2) is 9.13. The molecule has 1 heterocycles. The standard InChI is InChI=1S/C18H21BrF2N4O3/c1-18(2,3)28-16(26)22-8-13(15(20)21)10-25-17(27)24(11-23-25)9-12-5-4-6-14(19)7-12/h4-7,11H,8-10H2,1-3H3,(H,22,26). The van der Waals surface area contributed by atoms with E-state index in [0.717, 1.165) is 14.7 Å². The lowest BCUT2D eigenvalue weighted by Gasteiger charge is -2.19. The average molecular weight is 459 g/mol. The number of aromatic nitrogens is 3. The van der Waals surface area contributed by atoms with E-state index in [-0.39, 0.29) is 6.54 Å². The highest BCUT2D eigenvalue weighted by Gasteiger charge is 2.18. The van der Waals surface area contributed by atoms with Gasteiger partial charge < -0.3 is 10.1 Å². The Morgan fingerprint density at radius 1 is 1.32 bits per heavy atom. The van der Waals surface area contributed by atoms with Gasteiger partial charge in [0.25, 0.3) is 6.08 Å². The molecule has 7 nitrogen and oxygen atoms in total.